The largest absolute Gasteiger partial charge is 0.324 e. The van der Waals surface area contributed by atoms with Crippen molar-refractivity contribution < 1.29 is 17.5 Å². The number of nitrogens with zero attached hydrogens (tertiary/aromatic N) is 1. The van der Waals surface area contributed by atoms with E-state index in [-0.39, 0.29) is 5.75 Å². The molecule has 0 atom stereocenters. The van der Waals surface area contributed by atoms with Crippen molar-refractivity contribution in [2.75, 3.05) is 25.9 Å². The molecular formula is C19H42NO3S+. The van der Waals surface area contributed by atoms with Gasteiger partial charge in [0.05, 0.1) is 31.9 Å². The zero-order valence-corrected chi connectivity index (χ0v) is 17.4. The Balaban J connectivity index is 0.000000441. The third-order valence-electron chi connectivity index (χ3n) is 5.66. The van der Waals surface area contributed by atoms with E-state index in [2.05, 4.69) is 27.8 Å². The molecule has 0 spiro atoms. The van der Waals surface area contributed by atoms with Gasteiger partial charge in [-0.15, -0.1) is 0 Å². The van der Waals surface area contributed by atoms with Gasteiger partial charge in [0, 0.05) is 0 Å². The monoisotopic (exact) mass is 364 g/mol. The molecule has 0 aliphatic heterocycles. The fourth-order valence-electron chi connectivity index (χ4n) is 3.51. The predicted molar refractivity (Wildman–Crippen MR) is 104 cm³/mol. The van der Waals surface area contributed by atoms with Gasteiger partial charge in [-0.1, -0.05) is 45.4 Å². The third kappa shape index (κ3) is 11.4. The van der Waals surface area contributed by atoms with Crippen molar-refractivity contribution in [2.24, 2.45) is 0 Å². The fourth-order valence-corrected chi connectivity index (χ4v) is 4.08. The van der Waals surface area contributed by atoms with Gasteiger partial charge in [-0.2, -0.15) is 8.42 Å². The topological polar surface area (TPSA) is 54.4 Å². The molecule has 0 heterocycles. The lowest BCUT2D eigenvalue weighted by Gasteiger charge is -2.42. The molecule has 0 aromatic heterocycles. The Morgan fingerprint density at radius 2 is 1.38 bits per heavy atom. The number of rotatable bonds is 10. The molecule has 1 rings (SSSR count). The van der Waals surface area contributed by atoms with E-state index in [4.69, 9.17) is 4.55 Å². The summed E-state index contributed by atoms with van der Waals surface area (Å²) in [5.41, 5.74) is 0. The number of hydrogen-bond donors (Lipinski definition) is 1. The molecule has 4 nitrogen and oxygen atoms in total. The summed E-state index contributed by atoms with van der Waals surface area (Å²) in [4.78, 5) is 0. The lowest BCUT2D eigenvalue weighted by atomic mass is 9.92. The minimum atomic E-state index is -3.72. The second-order valence-electron chi connectivity index (χ2n) is 7.46. The van der Waals surface area contributed by atoms with Crippen LogP contribution in [-0.2, 0) is 10.1 Å². The summed E-state index contributed by atoms with van der Waals surface area (Å²) in [6.07, 6.45) is 13.5. The first-order valence-corrected chi connectivity index (χ1v) is 11.7. The van der Waals surface area contributed by atoms with Gasteiger partial charge in [-0.25, -0.2) is 0 Å². The van der Waals surface area contributed by atoms with E-state index in [0.717, 1.165) is 18.9 Å². The van der Waals surface area contributed by atoms with Crippen molar-refractivity contribution in [2.45, 2.75) is 97.4 Å². The van der Waals surface area contributed by atoms with E-state index in [1.165, 1.54) is 68.9 Å². The molecule has 1 aliphatic rings. The van der Waals surface area contributed by atoms with E-state index in [1.54, 1.807) is 0 Å². The first-order chi connectivity index (χ1) is 11.3. The van der Waals surface area contributed by atoms with E-state index >= 15 is 0 Å². The van der Waals surface area contributed by atoms with Crippen LogP contribution in [0.2, 0.25) is 0 Å². The molecule has 1 N–H and O–H groups in total. The predicted octanol–water partition coefficient (Wildman–Crippen LogP) is 5.04. The summed E-state index contributed by atoms with van der Waals surface area (Å²) in [5.74, 6) is -0.0842. The summed E-state index contributed by atoms with van der Waals surface area (Å²) in [7, 11) is -1.29. The smallest absolute Gasteiger partial charge is 0.264 e. The highest BCUT2D eigenvalue weighted by Crippen LogP contribution is 2.26. The Bertz CT molecular complexity index is 385. The van der Waals surface area contributed by atoms with Crippen molar-refractivity contribution in [3.8, 4) is 0 Å². The van der Waals surface area contributed by atoms with Crippen LogP contribution in [0.3, 0.4) is 0 Å². The first kappa shape index (κ1) is 23.9. The molecule has 24 heavy (non-hydrogen) atoms. The van der Waals surface area contributed by atoms with Crippen LogP contribution in [0.1, 0.15) is 91.4 Å². The normalized spacial score (nSPS) is 16.5. The molecule has 1 saturated carbocycles. The van der Waals surface area contributed by atoms with Crippen molar-refractivity contribution in [1.29, 1.82) is 0 Å². The van der Waals surface area contributed by atoms with Crippen molar-refractivity contribution in [3.63, 3.8) is 0 Å². The van der Waals surface area contributed by atoms with Gasteiger partial charge in [0.1, 0.15) is 0 Å². The quantitative estimate of drug-likeness (QED) is 0.336. The van der Waals surface area contributed by atoms with Crippen LogP contribution in [0.15, 0.2) is 0 Å². The molecule has 5 heteroatoms. The fraction of sp³-hybridized carbons (Fsp3) is 1.00. The summed E-state index contributed by atoms with van der Waals surface area (Å²) in [6.45, 7) is 9.41. The molecular weight excluding hydrogens is 322 g/mol. The van der Waals surface area contributed by atoms with Crippen LogP contribution in [0.4, 0.5) is 0 Å². The molecule has 0 aromatic rings. The first-order valence-electron chi connectivity index (χ1n) is 10.1. The summed E-state index contributed by atoms with van der Waals surface area (Å²) < 4.78 is 30.2. The van der Waals surface area contributed by atoms with Crippen molar-refractivity contribution in [1.82, 2.24) is 0 Å². The van der Waals surface area contributed by atoms with Crippen LogP contribution < -0.4 is 0 Å². The Morgan fingerprint density at radius 1 is 0.875 bits per heavy atom. The average molecular weight is 365 g/mol. The van der Waals surface area contributed by atoms with Crippen molar-refractivity contribution in [3.05, 3.63) is 0 Å². The number of hydrogen-bond acceptors (Lipinski definition) is 2. The second-order valence-corrected chi connectivity index (χ2v) is 9.03. The van der Waals surface area contributed by atoms with Gasteiger partial charge in [0.2, 0.25) is 0 Å². The zero-order valence-electron chi connectivity index (χ0n) is 16.6. The minimum absolute atomic E-state index is 0.0842. The van der Waals surface area contributed by atoms with Crippen LogP contribution in [0, 0.1) is 0 Å². The summed E-state index contributed by atoms with van der Waals surface area (Å²) in [5, 5.41) is 0. The van der Waals surface area contributed by atoms with Crippen LogP contribution in [-0.4, -0.2) is 49.4 Å². The molecule has 0 saturated heterocycles. The van der Waals surface area contributed by atoms with E-state index in [9.17, 15) is 8.42 Å². The van der Waals surface area contributed by atoms with Gasteiger partial charge in [0.15, 0.2) is 0 Å². The SMILES string of the molecule is CCCCCCCCS(=O)(=O)O.CC[N+](C)(CC)C1CCCCC1. The molecule has 0 radical (unpaired) electrons. The van der Waals surface area contributed by atoms with Gasteiger partial charge in [0.25, 0.3) is 10.1 Å². The second kappa shape index (κ2) is 13.1. The Hall–Kier alpha value is -0.130. The summed E-state index contributed by atoms with van der Waals surface area (Å²) in [6, 6.07) is 0.966. The lowest BCUT2D eigenvalue weighted by molar-refractivity contribution is -0.931. The van der Waals surface area contributed by atoms with E-state index in [0.29, 0.717) is 6.42 Å². The van der Waals surface area contributed by atoms with E-state index < -0.39 is 10.1 Å². The molecule has 0 amide bonds. The number of quaternary nitrogens is 1. The Labute approximate surface area is 151 Å². The highest BCUT2D eigenvalue weighted by Gasteiger charge is 2.30. The van der Waals surface area contributed by atoms with Gasteiger partial charge in [-0.3, -0.25) is 4.55 Å². The summed E-state index contributed by atoms with van der Waals surface area (Å²) >= 11 is 0. The average Bonchev–Trinajstić information content (AvgIpc) is 2.58. The highest BCUT2D eigenvalue weighted by atomic mass is 32.2. The van der Waals surface area contributed by atoms with Gasteiger partial charge < -0.3 is 4.48 Å². The van der Waals surface area contributed by atoms with Crippen LogP contribution in [0.5, 0.6) is 0 Å². The van der Waals surface area contributed by atoms with Crippen LogP contribution >= 0.6 is 0 Å². The maximum absolute atomic E-state index is 10.3. The number of unbranched alkanes of at least 4 members (excludes halogenated alkanes) is 5. The van der Waals surface area contributed by atoms with E-state index in [1.807, 2.05) is 0 Å². The molecule has 0 bridgehead atoms. The lowest BCUT2D eigenvalue weighted by Crippen LogP contribution is -2.52. The molecule has 1 aliphatic carbocycles. The third-order valence-corrected chi connectivity index (χ3v) is 6.46. The molecule has 1 fully saturated rings. The minimum Gasteiger partial charge on any atom is -0.324 e. The van der Waals surface area contributed by atoms with Crippen molar-refractivity contribution >= 4 is 10.1 Å². The van der Waals surface area contributed by atoms with Gasteiger partial charge in [-0.05, 0) is 46.0 Å². The zero-order chi connectivity index (χ0) is 18.5. The molecule has 0 unspecified atom stereocenters. The van der Waals surface area contributed by atoms with Gasteiger partial charge >= 0.3 is 0 Å². The molecule has 146 valence electrons. The Kier molecular flexibility index (Phi) is 13.1. The maximum Gasteiger partial charge on any atom is 0.264 e. The Morgan fingerprint density at radius 3 is 1.83 bits per heavy atom. The molecule has 0 aromatic carbocycles. The standard InChI is InChI=1S/C11H24N.C8H18O3S/c1-4-12(3,5-2)11-9-7-6-8-10-11;1-2-3-4-5-6-7-8-12(9,10)11/h11H,4-10H2,1-3H3;2-8H2,1H3,(H,9,10,11)/q+1;. The van der Waals surface area contributed by atoms with Crippen LogP contribution in [0.25, 0.3) is 0 Å². The maximum atomic E-state index is 10.3. The highest BCUT2D eigenvalue weighted by molar-refractivity contribution is 7.85.